The number of rotatable bonds is 4. The fraction of sp³-hybridized carbons (Fsp3) is 0.200. The number of aryl methyl sites for hydroxylation is 1. The van der Waals surface area contributed by atoms with Crippen molar-refractivity contribution in [2.45, 2.75) is 13.5 Å². The Morgan fingerprint density at radius 3 is 2.74 bits per heavy atom. The van der Waals surface area contributed by atoms with Gasteiger partial charge in [0.1, 0.15) is 0 Å². The first-order valence-electron chi connectivity index (χ1n) is 6.12. The first-order valence-corrected chi connectivity index (χ1v) is 6.12. The number of hydrogen-bond acceptors (Lipinski definition) is 2. The molecule has 2 rings (SSSR count). The van der Waals surface area contributed by atoms with Gasteiger partial charge in [0.2, 0.25) is 5.91 Å². The molecule has 0 spiro atoms. The SMILES string of the molecule is Cc1ccc(C=CC(=O)N(C)Cc2cn[nH]c2)cc1. The molecule has 0 aliphatic rings. The van der Waals surface area contributed by atoms with E-state index in [0.29, 0.717) is 6.54 Å². The normalized spacial score (nSPS) is 10.8. The molecule has 1 aromatic carbocycles. The highest BCUT2D eigenvalue weighted by Gasteiger charge is 2.06. The minimum atomic E-state index is -0.0261. The van der Waals surface area contributed by atoms with E-state index in [4.69, 9.17) is 0 Å². The molecule has 0 saturated carbocycles. The van der Waals surface area contributed by atoms with Crippen LogP contribution in [0.4, 0.5) is 0 Å². The summed E-state index contributed by atoms with van der Waals surface area (Å²) >= 11 is 0. The zero-order valence-corrected chi connectivity index (χ0v) is 11.1. The summed E-state index contributed by atoms with van der Waals surface area (Å²) in [4.78, 5) is 13.6. The van der Waals surface area contributed by atoms with E-state index in [1.807, 2.05) is 37.3 Å². The second kappa shape index (κ2) is 6.00. The molecule has 0 aliphatic carbocycles. The number of nitrogens with one attached hydrogen (secondary N) is 1. The van der Waals surface area contributed by atoms with Gasteiger partial charge in [-0.3, -0.25) is 9.89 Å². The van der Waals surface area contributed by atoms with E-state index >= 15 is 0 Å². The molecule has 1 amide bonds. The summed E-state index contributed by atoms with van der Waals surface area (Å²) < 4.78 is 0. The molecule has 0 bridgehead atoms. The largest absolute Gasteiger partial charge is 0.338 e. The van der Waals surface area contributed by atoms with Gasteiger partial charge in [0.15, 0.2) is 0 Å². The van der Waals surface area contributed by atoms with Crippen LogP contribution in [0.5, 0.6) is 0 Å². The summed E-state index contributed by atoms with van der Waals surface area (Å²) in [6.45, 7) is 2.59. The standard InChI is InChI=1S/C15H17N3O/c1-12-3-5-13(6-4-12)7-8-15(19)18(2)11-14-9-16-17-10-14/h3-10H,11H2,1-2H3,(H,16,17). The first kappa shape index (κ1) is 13.1. The molecule has 0 unspecified atom stereocenters. The molecule has 1 N–H and O–H groups in total. The lowest BCUT2D eigenvalue weighted by Gasteiger charge is -2.13. The maximum atomic E-state index is 11.9. The summed E-state index contributed by atoms with van der Waals surface area (Å²) in [7, 11) is 1.77. The predicted octanol–water partition coefficient (Wildman–Crippen LogP) is 2.39. The van der Waals surface area contributed by atoms with Crippen molar-refractivity contribution in [3.05, 3.63) is 59.4 Å². The maximum absolute atomic E-state index is 11.9. The van der Waals surface area contributed by atoms with Crippen LogP contribution in [0.1, 0.15) is 16.7 Å². The van der Waals surface area contributed by atoms with Gasteiger partial charge in [-0.05, 0) is 18.6 Å². The Morgan fingerprint density at radius 1 is 1.37 bits per heavy atom. The molecular formula is C15H17N3O. The first-order chi connectivity index (χ1) is 9.15. The maximum Gasteiger partial charge on any atom is 0.246 e. The lowest BCUT2D eigenvalue weighted by Crippen LogP contribution is -2.23. The van der Waals surface area contributed by atoms with Gasteiger partial charge in [0.05, 0.1) is 6.20 Å². The number of hydrogen-bond donors (Lipinski definition) is 1. The summed E-state index contributed by atoms with van der Waals surface area (Å²) in [5, 5.41) is 6.59. The fourth-order valence-electron chi connectivity index (χ4n) is 1.69. The van der Waals surface area contributed by atoms with Crippen LogP contribution in [-0.2, 0) is 11.3 Å². The monoisotopic (exact) mass is 255 g/mol. The second-order valence-electron chi connectivity index (χ2n) is 4.54. The lowest BCUT2D eigenvalue weighted by atomic mass is 10.1. The molecule has 2 aromatic rings. The Bertz CT molecular complexity index is 556. The summed E-state index contributed by atoms with van der Waals surface area (Å²) in [6, 6.07) is 8.04. The van der Waals surface area contributed by atoms with Crippen molar-refractivity contribution in [3.8, 4) is 0 Å². The summed E-state index contributed by atoms with van der Waals surface area (Å²) in [5.41, 5.74) is 3.22. The van der Waals surface area contributed by atoms with Crippen molar-refractivity contribution in [1.29, 1.82) is 0 Å². The molecule has 4 heteroatoms. The van der Waals surface area contributed by atoms with Crippen molar-refractivity contribution < 1.29 is 4.79 Å². The molecule has 4 nitrogen and oxygen atoms in total. The highest BCUT2D eigenvalue weighted by Crippen LogP contribution is 2.06. The number of aromatic nitrogens is 2. The van der Waals surface area contributed by atoms with Crippen LogP contribution in [0.15, 0.2) is 42.7 Å². The van der Waals surface area contributed by atoms with E-state index in [1.54, 1.807) is 30.4 Å². The number of carbonyl (C=O) groups excluding carboxylic acids is 1. The highest BCUT2D eigenvalue weighted by molar-refractivity contribution is 5.91. The smallest absolute Gasteiger partial charge is 0.246 e. The highest BCUT2D eigenvalue weighted by atomic mass is 16.2. The zero-order chi connectivity index (χ0) is 13.7. The molecule has 19 heavy (non-hydrogen) atoms. The molecule has 0 aliphatic heterocycles. The second-order valence-corrected chi connectivity index (χ2v) is 4.54. The zero-order valence-electron chi connectivity index (χ0n) is 11.1. The number of amides is 1. The third kappa shape index (κ3) is 3.81. The fourth-order valence-corrected chi connectivity index (χ4v) is 1.69. The van der Waals surface area contributed by atoms with Crippen molar-refractivity contribution in [1.82, 2.24) is 15.1 Å². The third-order valence-corrected chi connectivity index (χ3v) is 2.85. The summed E-state index contributed by atoms with van der Waals surface area (Å²) in [6.07, 6.45) is 6.92. The molecule has 1 heterocycles. The van der Waals surface area contributed by atoms with Crippen LogP contribution < -0.4 is 0 Å². The van der Waals surface area contributed by atoms with E-state index in [-0.39, 0.29) is 5.91 Å². The number of aromatic amines is 1. The van der Waals surface area contributed by atoms with Crippen molar-refractivity contribution in [3.63, 3.8) is 0 Å². The van der Waals surface area contributed by atoms with Crippen LogP contribution in [0, 0.1) is 6.92 Å². The average Bonchev–Trinajstić information content (AvgIpc) is 2.90. The van der Waals surface area contributed by atoms with E-state index in [9.17, 15) is 4.79 Å². The molecule has 0 atom stereocenters. The van der Waals surface area contributed by atoms with Gasteiger partial charge in [0.25, 0.3) is 0 Å². The van der Waals surface area contributed by atoms with Gasteiger partial charge < -0.3 is 4.90 Å². The molecule has 0 fully saturated rings. The Morgan fingerprint density at radius 2 is 2.11 bits per heavy atom. The summed E-state index contributed by atoms with van der Waals surface area (Å²) in [5.74, 6) is -0.0261. The predicted molar refractivity (Wildman–Crippen MR) is 75.3 cm³/mol. The quantitative estimate of drug-likeness (QED) is 0.853. The van der Waals surface area contributed by atoms with Gasteiger partial charge >= 0.3 is 0 Å². The average molecular weight is 255 g/mol. The van der Waals surface area contributed by atoms with Crippen molar-refractivity contribution in [2.24, 2.45) is 0 Å². The molecule has 98 valence electrons. The van der Waals surface area contributed by atoms with Gasteiger partial charge in [-0.1, -0.05) is 29.8 Å². The van der Waals surface area contributed by atoms with Crippen molar-refractivity contribution in [2.75, 3.05) is 7.05 Å². The van der Waals surface area contributed by atoms with E-state index < -0.39 is 0 Å². The van der Waals surface area contributed by atoms with Crippen molar-refractivity contribution >= 4 is 12.0 Å². The van der Waals surface area contributed by atoms with Crippen LogP contribution in [0.2, 0.25) is 0 Å². The van der Waals surface area contributed by atoms with Crippen LogP contribution in [0.3, 0.4) is 0 Å². The van der Waals surface area contributed by atoms with Gasteiger partial charge in [0, 0.05) is 31.4 Å². The number of H-pyrrole nitrogens is 1. The van der Waals surface area contributed by atoms with E-state index in [2.05, 4.69) is 10.2 Å². The Hall–Kier alpha value is -2.36. The third-order valence-electron chi connectivity index (χ3n) is 2.85. The number of nitrogens with zero attached hydrogens (tertiary/aromatic N) is 2. The van der Waals surface area contributed by atoms with Gasteiger partial charge in [-0.15, -0.1) is 0 Å². The minimum absolute atomic E-state index is 0.0261. The number of likely N-dealkylation sites (N-methyl/N-ethyl adjacent to an activating group) is 1. The Labute approximate surface area is 112 Å². The van der Waals surface area contributed by atoms with Gasteiger partial charge in [-0.25, -0.2) is 0 Å². The van der Waals surface area contributed by atoms with E-state index in [1.165, 1.54) is 5.56 Å². The Kier molecular flexibility index (Phi) is 4.13. The van der Waals surface area contributed by atoms with Crippen LogP contribution >= 0.6 is 0 Å². The topological polar surface area (TPSA) is 49.0 Å². The van der Waals surface area contributed by atoms with Crippen LogP contribution in [0.25, 0.3) is 6.08 Å². The minimum Gasteiger partial charge on any atom is -0.338 e. The van der Waals surface area contributed by atoms with E-state index in [0.717, 1.165) is 11.1 Å². The molecule has 0 saturated heterocycles. The Balaban J connectivity index is 1.94. The van der Waals surface area contributed by atoms with Gasteiger partial charge in [-0.2, -0.15) is 5.10 Å². The number of benzene rings is 1. The van der Waals surface area contributed by atoms with Crippen LogP contribution in [-0.4, -0.2) is 28.1 Å². The molecule has 0 radical (unpaired) electrons. The lowest BCUT2D eigenvalue weighted by molar-refractivity contribution is -0.125. The molecule has 1 aromatic heterocycles. The molecular weight excluding hydrogens is 238 g/mol. The number of carbonyl (C=O) groups is 1.